The fourth-order valence-corrected chi connectivity index (χ4v) is 1.32. The lowest BCUT2D eigenvalue weighted by atomic mass is 10.2. The average Bonchev–Trinajstić information content (AvgIpc) is 2.29. The summed E-state index contributed by atoms with van der Waals surface area (Å²) in [6, 6.07) is 7.12. The maximum atomic E-state index is 10.2. The van der Waals surface area contributed by atoms with Crippen LogP contribution in [0.1, 0.15) is 0 Å². The lowest BCUT2D eigenvalue weighted by Crippen LogP contribution is -2.22. The summed E-state index contributed by atoms with van der Waals surface area (Å²) in [6.07, 6.45) is 3.66. The molecule has 0 unspecified atom stereocenters. The number of rotatable bonds is 6. The Hall–Kier alpha value is -1.90. The number of nitrogens with zero attached hydrogens (tertiary/aromatic N) is 2. The third-order valence-corrected chi connectivity index (χ3v) is 2.02. The van der Waals surface area contributed by atoms with Crippen molar-refractivity contribution in [3.63, 3.8) is 0 Å². The SMILES string of the molecule is C=CCN(CC=C)c1ccc(N=O)cc1. The summed E-state index contributed by atoms with van der Waals surface area (Å²) in [5.41, 5.74) is 1.47. The summed E-state index contributed by atoms with van der Waals surface area (Å²) in [5, 5.41) is 2.85. The molecule has 0 radical (unpaired) electrons. The van der Waals surface area contributed by atoms with Gasteiger partial charge in [-0.1, -0.05) is 12.2 Å². The van der Waals surface area contributed by atoms with E-state index in [2.05, 4.69) is 23.2 Å². The summed E-state index contributed by atoms with van der Waals surface area (Å²) in [6.45, 7) is 8.89. The van der Waals surface area contributed by atoms with Crippen molar-refractivity contribution in [2.45, 2.75) is 0 Å². The Labute approximate surface area is 89.7 Å². The molecule has 0 fully saturated rings. The zero-order valence-electron chi connectivity index (χ0n) is 8.60. The van der Waals surface area contributed by atoms with Crippen molar-refractivity contribution in [1.82, 2.24) is 0 Å². The molecular formula is C12H14N2O. The summed E-state index contributed by atoms with van der Waals surface area (Å²) in [5.74, 6) is 0. The fourth-order valence-electron chi connectivity index (χ4n) is 1.32. The Morgan fingerprint density at radius 2 is 1.67 bits per heavy atom. The second-order valence-electron chi connectivity index (χ2n) is 3.09. The van der Waals surface area contributed by atoms with Gasteiger partial charge in [0.15, 0.2) is 0 Å². The largest absolute Gasteiger partial charge is 0.364 e. The third kappa shape index (κ3) is 3.06. The summed E-state index contributed by atoms with van der Waals surface area (Å²) < 4.78 is 0. The number of hydrogen-bond donors (Lipinski definition) is 0. The maximum absolute atomic E-state index is 10.2. The molecule has 1 aromatic carbocycles. The van der Waals surface area contributed by atoms with Crippen LogP contribution in [0.2, 0.25) is 0 Å². The Bertz CT molecular complexity index is 333. The summed E-state index contributed by atoms with van der Waals surface area (Å²) in [4.78, 5) is 12.3. The number of benzene rings is 1. The molecule has 1 aromatic rings. The molecule has 0 aliphatic rings. The maximum Gasteiger partial charge on any atom is 0.108 e. The van der Waals surface area contributed by atoms with E-state index in [1.165, 1.54) is 0 Å². The molecule has 0 heterocycles. The normalized spacial score (nSPS) is 9.33. The monoisotopic (exact) mass is 202 g/mol. The van der Waals surface area contributed by atoms with Crippen LogP contribution in [0.25, 0.3) is 0 Å². The van der Waals surface area contributed by atoms with E-state index < -0.39 is 0 Å². The Morgan fingerprint density at radius 3 is 2.07 bits per heavy atom. The molecule has 0 spiro atoms. The van der Waals surface area contributed by atoms with Gasteiger partial charge in [0.1, 0.15) is 5.69 Å². The minimum atomic E-state index is 0.441. The number of hydrogen-bond acceptors (Lipinski definition) is 3. The van der Waals surface area contributed by atoms with Crippen LogP contribution in [0.3, 0.4) is 0 Å². The molecule has 0 amide bonds. The molecule has 0 saturated heterocycles. The van der Waals surface area contributed by atoms with Crippen molar-refractivity contribution >= 4 is 11.4 Å². The average molecular weight is 202 g/mol. The van der Waals surface area contributed by atoms with Crippen LogP contribution in [-0.4, -0.2) is 13.1 Å². The molecule has 0 bridgehead atoms. The minimum absolute atomic E-state index is 0.441. The molecule has 0 aliphatic heterocycles. The molecule has 0 saturated carbocycles. The van der Waals surface area contributed by atoms with Crippen LogP contribution >= 0.6 is 0 Å². The fraction of sp³-hybridized carbons (Fsp3) is 0.167. The van der Waals surface area contributed by atoms with Gasteiger partial charge in [-0.2, -0.15) is 0 Å². The van der Waals surface area contributed by atoms with Gasteiger partial charge in [0.2, 0.25) is 0 Å². The highest BCUT2D eigenvalue weighted by molar-refractivity contribution is 5.53. The Morgan fingerprint density at radius 1 is 1.13 bits per heavy atom. The summed E-state index contributed by atoms with van der Waals surface area (Å²) in [7, 11) is 0. The predicted molar refractivity (Wildman–Crippen MR) is 64.5 cm³/mol. The van der Waals surface area contributed by atoms with Crippen LogP contribution in [-0.2, 0) is 0 Å². The lowest BCUT2D eigenvalue weighted by Gasteiger charge is -2.21. The Kier molecular flexibility index (Phi) is 4.29. The van der Waals surface area contributed by atoms with Gasteiger partial charge in [-0.15, -0.1) is 18.1 Å². The van der Waals surface area contributed by atoms with Crippen LogP contribution in [0, 0.1) is 4.91 Å². The number of nitroso groups, excluding NO2 is 1. The van der Waals surface area contributed by atoms with Crippen LogP contribution in [0.4, 0.5) is 11.4 Å². The highest BCUT2D eigenvalue weighted by atomic mass is 16.3. The highest BCUT2D eigenvalue weighted by Gasteiger charge is 2.02. The van der Waals surface area contributed by atoms with Crippen LogP contribution in [0.5, 0.6) is 0 Å². The number of anilines is 1. The zero-order chi connectivity index (χ0) is 11.1. The van der Waals surface area contributed by atoms with E-state index in [-0.39, 0.29) is 0 Å². The molecule has 0 aromatic heterocycles. The van der Waals surface area contributed by atoms with Gasteiger partial charge in [-0.25, -0.2) is 0 Å². The van der Waals surface area contributed by atoms with E-state index in [9.17, 15) is 4.91 Å². The van der Waals surface area contributed by atoms with Crippen molar-refractivity contribution in [3.8, 4) is 0 Å². The van der Waals surface area contributed by atoms with Crippen molar-refractivity contribution in [3.05, 3.63) is 54.5 Å². The van der Waals surface area contributed by atoms with Crippen LogP contribution < -0.4 is 4.90 Å². The smallest absolute Gasteiger partial charge is 0.108 e. The van der Waals surface area contributed by atoms with Gasteiger partial charge >= 0.3 is 0 Å². The first kappa shape index (κ1) is 11.2. The molecule has 78 valence electrons. The first-order valence-corrected chi connectivity index (χ1v) is 4.72. The molecule has 0 atom stereocenters. The van der Waals surface area contributed by atoms with Crippen LogP contribution in [0.15, 0.2) is 54.8 Å². The lowest BCUT2D eigenvalue weighted by molar-refractivity contribution is 0.957. The van der Waals surface area contributed by atoms with Gasteiger partial charge in [-0.3, -0.25) is 0 Å². The Balaban J connectivity index is 2.84. The second-order valence-corrected chi connectivity index (χ2v) is 3.09. The standard InChI is InChI=1S/C12H14N2O/c1-3-9-14(10-4-2)12-7-5-11(13-15)6-8-12/h3-8H,1-2,9-10H2. The first-order chi connectivity index (χ1) is 7.31. The molecule has 0 aliphatic carbocycles. The van der Waals surface area contributed by atoms with Crippen molar-refractivity contribution < 1.29 is 0 Å². The highest BCUT2D eigenvalue weighted by Crippen LogP contribution is 2.19. The first-order valence-electron chi connectivity index (χ1n) is 4.72. The van der Waals surface area contributed by atoms with E-state index in [4.69, 9.17) is 0 Å². The molecule has 3 heteroatoms. The van der Waals surface area contributed by atoms with Crippen molar-refractivity contribution in [2.24, 2.45) is 5.18 Å². The van der Waals surface area contributed by atoms with Gasteiger partial charge in [0.25, 0.3) is 0 Å². The van der Waals surface area contributed by atoms with Crippen molar-refractivity contribution in [1.29, 1.82) is 0 Å². The third-order valence-electron chi connectivity index (χ3n) is 2.02. The predicted octanol–water partition coefficient (Wildman–Crippen LogP) is 3.26. The van der Waals surface area contributed by atoms with Gasteiger partial charge in [-0.05, 0) is 29.4 Å². The minimum Gasteiger partial charge on any atom is -0.364 e. The summed E-state index contributed by atoms with van der Waals surface area (Å²) >= 11 is 0. The van der Waals surface area contributed by atoms with Gasteiger partial charge < -0.3 is 4.90 Å². The molecule has 3 nitrogen and oxygen atoms in total. The van der Waals surface area contributed by atoms with Gasteiger partial charge in [0, 0.05) is 18.8 Å². The van der Waals surface area contributed by atoms with E-state index in [0.717, 1.165) is 18.8 Å². The second kappa shape index (κ2) is 5.75. The van der Waals surface area contributed by atoms with E-state index >= 15 is 0 Å². The van der Waals surface area contributed by atoms with E-state index in [0.29, 0.717) is 5.69 Å². The zero-order valence-corrected chi connectivity index (χ0v) is 8.60. The topological polar surface area (TPSA) is 32.7 Å². The molecular weight excluding hydrogens is 188 g/mol. The van der Waals surface area contributed by atoms with Crippen molar-refractivity contribution in [2.75, 3.05) is 18.0 Å². The van der Waals surface area contributed by atoms with Gasteiger partial charge in [0.05, 0.1) is 0 Å². The van der Waals surface area contributed by atoms with E-state index in [1.54, 1.807) is 12.1 Å². The molecule has 1 rings (SSSR count). The quantitative estimate of drug-likeness (QED) is 0.524. The molecule has 15 heavy (non-hydrogen) atoms. The molecule has 0 N–H and O–H groups in total. The van der Waals surface area contributed by atoms with E-state index in [1.807, 2.05) is 24.3 Å².